The van der Waals surface area contributed by atoms with Gasteiger partial charge < -0.3 is 17.3 Å². The Kier molecular flexibility index (Phi) is 5.78. The molecule has 2 nitrogen and oxygen atoms in total. The highest BCUT2D eigenvalue weighted by Crippen LogP contribution is 2.24. The van der Waals surface area contributed by atoms with Crippen molar-refractivity contribution in [2.75, 3.05) is 26.0 Å². The Hall–Kier alpha value is -1.80. The molecular formula is C17H21ClN2. The molecule has 1 aromatic rings. The molecular weight excluding hydrogens is 268 g/mol. The van der Waals surface area contributed by atoms with Gasteiger partial charge in [0.05, 0.1) is 0 Å². The minimum absolute atomic E-state index is 0. The maximum atomic E-state index is 4.05. The quantitative estimate of drug-likeness (QED) is 0.574. The minimum atomic E-state index is 0. The van der Waals surface area contributed by atoms with E-state index >= 15 is 0 Å². The molecule has 3 heteroatoms. The van der Waals surface area contributed by atoms with Gasteiger partial charge in [-0.05, 0) is 30.7 Å². The van der Waals surface area contributed by atoms with E-state index in [4.69, 9.17) is 0 Å². The Bertz CT molecular complexity index is 549. The molecule has 106 valence electrons. The Labute approximate surface area is 127 Å². The first-order valence-electron chi connectivity index (χ1n) is 6.49. The minimum Gasteiger partial charge on any atom is -1.00 e. The summed E-state index contributed by atoms with van der Waals surface area (Å²) in [5.74, 6) is 0. The van der Waals surface area contributed by atoms with Crippen molar-refractivity contribution in [1.82, 2.24) is 0 Å². The highest BCUT2D eigenvalue weighted by atomic mass is 35.5. The summed E-state index contributed by atoms with van der Waals surface area (Å²) < 4.78 is 1.93. The first kappa shape index (κ1) is 16.3. The van der Waals surface area contributed by atoms with Crippen molar-refractivity contribution >= 4 is 18.1 Å². The van der Waals surface area contributed by atoms with E-state index in [1.807, 2.05) is 11.6 Å². The number of hydrogen-bond acceptors (Lipinski definition) is 1. The molecule has 1 aliphatic carbocycles. The van der Waals surface area contributed by atoms with Gasteiger partial charge in [0.25, 0.3) is 0 Å². The van der Waals surface area contributed by atoms with Crippen LogP contribution < -0.4 is 17.3 Å². The summed E-state index contributed by atoms with van der Waals surface area (Å²) >= 11 is 0. The maximum absolute atomic E-state index is 4.05. The molecule has 0 saturated carbocycles. The zero-order chi connectivity index (χ0) is 13.8. The van der Waals surface area contributed by atoms with Crippen LogP contribution in [0.3, 0.4) is 0 Å². The molecule has 0 amide bonds. The van der Waals surface area contributed by atoms with Gasteiger partial charge in [-0.2, -0.15) is 0 Å². The summed E-state index contributed by atoms with van der Waals surface area (Å²) in [6.45, 7) is 4.05. The smallest absolute Gasteiger partial charge is 0.219 e. The Morgan fingerprint density at radius 3 is 2.10 bits per heavy atom. The van der Waals surface area contributed by atoms with Crippen LogP contribution in [0.4, 0.5) is 5.69 Å². The molecule has 1 aromatic carbocycles. The third-order valence-electron chi connectivity index (χ3n) is 3.18. The largest absolute Gasteiger partial charge is 1.00 e. The van der Waals surface area contributed by atoms with Crippen LogP contribution in [0, 0.1) is 0 Å². The van der Waals surface area contributed by atoms with Crippen LogP contribution >= 0.6 is 0 Å². The van der Waals surface area contributed by atoms with Gasteiger partial charge >= 0.3 is 0 Å². The van der Waals surface area contributed by atoms with E-state index in [-0.39, 0.29) is 12.4 Å². The molecule has 1 aliphatic rings. The van der Waals surface area contributed by atoms with E-state index < -0.39 is 0 Å². The van der Waals surface area contributed by atoms with E-state index in [9.17, 15) is 0 Å². The zero-order valence-corrected chi connectivity index (χ0v) is 13.1. The average Bonchev–Trinajstić information content (AvgIpc) is 2.40. The standard InChI is InChI=1S/C17H21N2.ClH/c1-18(2)16-12-10-15(11-13-16)17(19(3)4)14-8-6-5-7-9-14;/h6-13H,3,5H2,1-2,4H3;1H/q+1;/p-1. The lowest BCUT2D eigenvalue weighted by Gasteiger charge is -2.13. The van der Waals surface area contributed by atoms with Gasteiger partial charge in [-0.1, -0.05) is 24.3 Å². The molecule has 20 heavy (non-hydrogen) atoms. The van der Waals surface area contributed by atoms with Crippen LogP contribution in [0.2, 0.25) is 0 Å². The second kappa shape index (κ2) is 7.11. The van der Waals surface area contributed by atoms with Crippen LogP contribution in [0.25, 0.3) is 5.70 Å². The number of benzene rings is 1. The predicted octanol–water partition coefficient (Wildman–Crippen LogP) is 0.327. The predicted molar refractivity (Wildman–Crippen MR) is 83.9 cm³/mol. The van der Waals surface area contributed by atoms with Crippen molar-refractivity contribution in [2.24, 2.45) is 0 Å². The summed E-state index contributed by atoms with van der Waals surface area (Å²) in [5.41, 5.74) is 4.75. The van der Waals surface area contributed by atoms with E-state index in [1.54, 1.807) is 0 Å². The molecule has 2 rings (SSSR count). The van der Waals surface area contributed by atoms with Crippen molar-refractivity contribution in [3.8, 4) is 0 Å². The number of rotatable bonds is 3. The van der Waals surface area contributed by atoms with E-state index in [1.165, 1.54) is 16.8 Å². The lowest BCUT2D eigenvalue weighted by atomic mass is 10.0. The second-order valence-electron chi connectivity index (χ2n) is 4.98. The van der Waals surface area contributed by atoms with Gasteiger partial charge in [-0.3, -0.25) is 0 Å². The summed E-state index contributed by atoms with van der Waals surface area (Å²) in [4.78, 5) is 2.10. The van der Waals surface area contributed by atoms with Crippen molar-refractivity contribution < 1.29 is 17.0 Å². The molecule has 0 bridgehead atoms. The third-order valence-corrected chi connectivity index (χ3v) is 3.18. The topological polar surface area (TPSA) is 6.25 Å². The van der Waals surface area contributed by atoms with Crippen molar-refractivity contribution in [1.29, 1.82) is 0 Å². The van der Waals surface area contributed by atoms with Gasteiger partial charge in [0, 0.05) is 30.9 Å². The zero-order valence-electron chi connectivity index (χ0n) is 12.3. The van der Waals surface area contributed by atoms with Gasteiger partial charge in [-0.25, -0.2) is 4.58 Å². The number of allylic oxidation sites excluding steroid dienone is 5. The van der Waals surface area contributed by atoms with Crippen LogP contribution in [0.1, 0.15) is 12.0 Å². The molecule has 0 aliphatic heterocycles. The number of nitrogens with zero attached hydrogens (tertiary/aromatic N) is 2. The lowest BCUT2D eigenvalue weighted by Crippen LogP contribution is -3.00. The second-order valence-corrected chi connectivity index (χ2v) is 4.98. The Morgan fingerprint density at radius 1 is 1.10 bits per heavy atom. The fourth-order valence-electron chi connectivity index (χ4n) is 2.21. The van der Waals surface area contributed by atoms with Crippen LogP contribution in [-0.2, 0) is 0 Å². The average molecular weight is 289 g/mol. The van der Waals surface area contributed by atoms with Crippen molar-refractivity contribution in [3.63, 3.8) is 0 Å². The van der Waals surface area contributed by atoms with Crippen molar-refractivity contribution in [3.05, 3.63) is 59.7 Å². The molecule has 0 saturated heterocycles. The molecule has 0 aromatic heterocycles. The van der Waals surface area contributed by atoms with Gasteiger partial charge in [0.1, 0.15) is 13.8 Å². The SMILES string of the molecule is C=[N+](C)C(=C1C=CCC=C1)c1ccc(N(C)C)cc1.[Cl-]. The van der Waals surface area contributed by atoms with Crippen molar-refractivity contribution in [2.45, 2.75) is 6.42 Å². The monoisotopic (exact) mass is 288 g/mol. The number of anilines is 1. The lowest BCUT2D eigenvalue weighted by molar-refractivity contribution is -0.385. The fourth-order valence-corrected chi connectivity index (χ4v) is 2.21. The summed E-state index contributed by atoms with van der Waals surface area (Å²) in [5, 5.41) is 0. The maximum Gasteiger partial charge on any atom is 0.219 e. The van der Waals surface area contributed by atoms with Crippen LogP contribution in [0.15, 0.2) is 54.1 Å². The molecule has 0 radical (unpaired) electrons. The first-order valence-corrected chi connectivity index (χ1v) is 6.49. The summed E-state index contributed by atoms with van der Waals surface area (Å²) in [6, 6.07) is 8.57. The molecule has 0 spiro atoms. The Balaban J connectivity index is 0.00000200. The van der Waals surface area contributed by atoms with E-state index in [0.717, 1.165) is 12.1 Å². The van der Waals surface area contributed by atoms with Crippen LogP contribution in [-0.4, -0.2) is 32.4 Å². The molecule has 0 heterocycles. The van der Waals surface area contributed by atoms with Crippen LogP contribution in [0.5, 0.6) is 0 Å². The first-order chi connectivity index (χ1) is 9.09. The highest BCUT2D eigenvalue weighted by molar-refractivity contribution is 5.70. The molecule has 0 N–H and O–H groups in total. The van der Waals surface area contributed by atoms with E-state index in [0.29, 0.717) is 0 Å². The van der Waals surface area contributed by atoms with Gasteiger partial charge in [0.2, 0.25) is 5.70 Å². The number of halogens is 1. The third kappa shape index (κ3) is 3.61. The molecule has 0 unspecified atom stereocenters. The molecule has 0 atom stereocenters. The normalized spacial score (nSPS) is 12.8. The van der Waals surface area contributed by atoms with Gasteiger partial charge in [0.15, 0.2) is 0 Å². The van der Waals surface area contributed by atoms with E-state index in [2.05, 4.69) is 74.3 Å². The Morgan fingerprint density at radius 2 is 1.65 bits per heavy atom. The highest BCUT2D eigenvalue weighted by Gasteiger charge is 2.15. The summed E-state index contributed by atoms with van der Waals surface area (Å²) in [6.07, 6.45) is 9.69. The molecule has 0 fully saturated rings. The summed E-state index contributed by atoms with van der Waals surface area (Å²) in [7, 11) is 6.08. The van der Waals surface area contributed by atoms with Gasteiger partial charge in [-0.15, -0.1) is 0 Å². The fraction of sp³-hybridized carbons (Fsp3) is 0.235. The number of hydrogen-bond donors (Lipinski definition) is 0.